The Morgan fingerprint density at radius 1 is 1.28 bits per heavy atom. The molecule has 1 aromatic rings. The number of Topliss-reactive ketones (excluding diaryl/α,β-unsaturated/α-hetero) is 1. The third kappa shape index (κ3) is 3.10. The zero-order valence-electron chi connectivity index (χ0n) is 20.7. The Kier molecular flexibility index (Phi) is 5.65. The number of hydrogen-bond acceptors (Lipinski definition) is 7. The van der Waals surface area contributed by atoms with Gasteiger partial charge in [0.25, 0.3) is 0 Å². The highest BCUT2D eigenvalue weighted by molar-refractivity contribution is 6.01. The Labute approximate surface area is 209 Å². The number of alkyl halides is 1. The van der Waals surface area contributed by atoms with E-state index < -0.39 is 58.4 Å². The molecule has 5 rings (SSSR count). The van der Waals surface area contributed by atoms with Crippen molar-refractivity contribution in [2.45, 2.75) is 63.8 Å². The van der Waals surface area contributed by atoms with E-state index in [1.54, 1.807) is 32.9 Å². The van der Waals surface area contributed by atoms with Gasteiger partial charge in [-0.05, 0) is 68.7 Å². The van der Waals surface area contributed by atoms with Gasteiger partial charge >= 0.3 is 5.97 Å². The number of pyridine rings is 1. The summed E-state index contributed by atoms with van der Waals surface area (Å²) < 4.78 is 22.4. The van der Waals surface area contributed by atoms with E-state index in [1.165, 1.54) is 30.6 Å². The number of ketones is 2. The van der Waals surface area contributed by atoms with Crippen LogP contribution in [0, 0.1) is 28.6 Å². The molecule has 2 N–H and O–H groups in total. The lowest BCUT2D eigenvalue weighted by Crippen LogP contribution is -2.69. The smallest absolute Gasteiger partial charge is 0.340 e. The molecule has 0 saturated heterocycles. The van der Waals surface area contributed by atoms with E-state index in [9.17, 15) is 24.6 Å². The predicted octanol–water partition coefficient (Wildman–Crippen LogP) is 3.16. The van der Waals surface area contributed by atoms with Gasteiger partial charge in [-0.25, -0.2) is 9.18 Å². The molecule has 1 aromatic heterocycles. The fourth-order valence-corrected chi connectivity index (χ4v) is 7.95. The van der Waals surface area contributed by atoms with Gasteiger partial charge in [-0.3, -0.25) is 14.6 Å². The highest BCUT2D eigenvalue weighted by Crippen LogP contribution is 2.70. The van der Waals surface area contributed by atoms with Crippen LogP contribution in [0.4, 0.5) is 4.39 Å². The maximum Gasteiger partial charge on any atom is 0.340 e. The van der Waals surface area contributed by atoms with Crippen molar-refractivity contribution in [3.63, 3.8) is 0 Å². The van der Waals surface area contributed by atoms with Crippen LogP contribution in [0.3, 0.4) is 0 Å². The number of aliphatic hydroxyl groups is 2. The Hall–Kier alpha value is -2.71. The van der Waals surface area contributed by atoms with Crippen LogP contribution in [0.1, 0.15) is 56.8 Å². The number of carbonyl (C=O) groups excluding carboxylic acids is 3. The van der Waals surface area contributed by atoms with E-state index in [2.05, 4.69) is 4.98 Å². The average molecular weight is 498 g/mol. The van der Waals surface area contributed by atoms with Gasteiger partial charge in [0.05, 0.1) is 11.7 Å². The van der Waals surface area contributed by atoms with Gasteiger partial charge in [0.1, 0.15) is 5.60 Å². The molecule has 0 radical (unpaired) electrons. The van der Waals surface area contributed by atoms with Crippen LogP contribution in [0.15, 0.2) is 48.3 Å². The van der Waals surface area contributed by atoms with E-state index in [0.717, 1.165) is 0 Å². The maximum atomic E-state index is 17.2. The molecule has 2 unspecified atom stereocenters. The molecular weight excluding hydrogens is 465 g/mol. The normalized spacial score (nSPS) is 43.2. The fraction of sp³-hybridized carbons (Fsp3) is 0.571. The predicted molar refractivity (Wildman–Crippen MR) is 127 cm³/mol. The molecule has 0 spiro atoms. The van der Waals surface area contributed by atoms with Crippen LogP contribution in [0.25, 0.3) is 0 Å². The topological polar surface area (TPSA) is 114 Å². The van der Waals surface area contributed by atoms with Gasteiger partial charge < -0.3 is 14.9 Å². The largest absolute Gasteiger partial charge is 0.454 e. The summed E-state index contributed by atoms with van der Waals surface area (Å²) in [6.45, 7) is 4.60. The van der Waals surface area contributed by atoms with Crippen molar-refractivity contribution in [1.82, 2.24) is 4.98 Å². The minimum atomic E-state index is -2.04. The summed E-state index contributed by atoms with van der Waals surface area (Å²) in [6.07, 6.45) is 6.98. The zero-order valence-corrected chi connectivity index (χ0v) is 20.7. The third-order valence-corrected chi connectivity index (χ3v) is 9.88. The van der Waals surface area contributed by atoms with Crippen LogP contribution in [-0.4, -0.2) is 56.7 Å². The van der Waals surface area contributed by atoms with Gasteiger partial charge in [-0.1, -0.05) is 25.5 Å². The highest BCUT2D eigenvalue weighted by atomic mass is 19.1. The molecule has 4 aliphatic rings. The second kappa shape index (κ2) is 8.15. The van der Waals surface area contributed by atoms with Crippen molar-refractivity contribution in [1.29, 1.82) is 0 Å². The second-order valence-corrected chi connectivity index (χ2v) is 11.4. The van der Waals surface area contributed by atoms with Crippen molar-refractivity contribution in [3.05, 3.63) is 53.9 Å². The molecule has 36 heavy (non-hydrogen) atoms. The number of rotatable bonds is 4. The van der Waals surface area contributed by atoms with Gasteiger partial charge in [0, 0.05) is 29.1 Å². The number of halogens is 1. The molecule has 0 aliphatic heterocycles. The van der Waals surface area contributed by atoms with E-state index in [4.69, 9.17) is 4.74 Å². The summed E-state index contributed by atoms with van der Waals surface area (Å²) >= 11 is 0. The van der Waals surface area contributed by atoms with Crippen LogP contribution in [0.2, 0.25) is 0 Å². The van der Waals surface area contributed by atoms with Crippen molar-refractivity contribution in [3.8, 4) is 0 Å². The monoisotopic (exact) mass is 497 g/mol. The molecule has 7 nitrogen and oxygen atoms in total. The number of fused-ring (bicyclic) bond motifs is 5. The Morgan fingerprint density at radius 2 is 2.03 bits per heavy atom. The molecular formula is C28H32FNO6. The molecule has 1 heterocycles. The number of esters is 1. The van der Waals surface area contributed by atoms with Gasteiger partial charge in [-0.2, -0.15) is 0 Å². The lowest BCUT2D eigenvalue weighted by atomic mass is 9.44. The van der Waals surface area contributed by atoms with Crippen molar-refractivity contribution in [2.75, 3.05) is 6.61 Å². The quantitative estimate of drug-likeness (QED) is 0.615. The number of aliphatic hydroxyl groups excluding tert-OH is 1. The number of aromatic nitrogens is 1. The number of allylic oxidation sites excluding steroid dienone is 4. The summed E-state index contributed by atoms with van der Waals surface area (Å²) in [5, 5.41) is 23.3. The average Bonchev–Trinajstić information content (AvgIpc) is 3.05. The van der Waals surface area contributed by atoms with Crippen molar-refractivity contribution < 1.29 is 33.7 Å². The summed E-state index contributed by atoms with van der Waals surface area (Å²) in [4.78, 5) is 41.7. The van der Waals surface area contributed by atoms with Crippen LogP contribution < -0.4 is 0 Å². The standard InChI is InChI=1S/C28H32FNO6/c1-16-11-21-20-7-6-18-12-19(31)8-9-25(18,2)27(20,29)22(32)13-26(21,3)28(16,35)23(33)15-36-24(34)17-5-4-10-30-14-17/h4-5,8-10,12,14,16,20-22,32,35H,6-7,11,13,15H2,1-3H3/t16?,20-,21-,22?,25-,26-,27-,28-/m0/s1. The molecule has 0 bridgehead atoms. The first-order valence-electron chi connectivity index (χ1n) is 12.5. The summed E-state index contributed by atoms with van der Waals surface area (Å²) in [5.41, 5.74) is -5.33. The van der Waals surface area contributed by atoms with E-state index in [-0.39, 0.29) is 23.7 Å². The zero-order chi connectivity index (χ0) is 26.1. The SMILES string of the molecule is CC1C[C@H]2[C@@H]3CCC4=CC(=O)C=C[C@]4(C)[C@@]3(F)C(O)C[C@]2(C)[C@@]1(O)C(=O)COC(=O)c1cccnc1. The Morgan fingerprint density at radius 3 is 2.72 bits per heavy atom. The molecule has 8 heteroatoms. The third-order valence-electron chi connectivity index (χ3n) is 9.88. The number of ether oxygens (including phenoxy) is 1. The molecule has 192 valence electrons. The minimum Gasteiger partial charge on any atom is -0.454 e. The lowest BCUT2D eigenvalue weighted by Gasteiger charge is -2.62. The minimum absolute atomic E-state index is 0.127. The van der Waals surface area contributed by atoms with Gasteiger partial charge in [0.2, 0.25) is 5.78 Å². The Bertz CT molecular complexity index is 1180. The first-order chi connectivity index (χ1) is 16.9. The van der Waals surface area contributed by atoms with Gasteiger partial charge in [-0.15, -0.1) is 0 Å². The number of nitrogens with zero attached hydrogens (tertiary/aromatic N) is 1. The van der Waals surface area contributed by atoms with Crippen molar-refractivity contribution >= 4 is 17.5 Å². The van der Waals surface area contributed by atoms with E-state index >= 15 is 4.39 Å². The van der Waals surface area contributed by atoms with Gasteiger partial charge in [0.15, 0.2) is 18.1 Å². The molecule has 4 aliphatic carbocycles. The second-order valence-electron chi connectivity index (χ2n) is 11.4. The van der Waals surface area contributed by atoms with E-state index in [1.807, 2.05) is 0 Å². The number of hydrogen-bond donors (Lipinski definition) is 2. The van der Waals surface area contributed by atoms with Crippen molar-refractivity contribution in [2.24, 2.45) is 28.6 Å². The number of carbonyl (C=O) groups is 3. The first-order valence-corrected chi connectivity index (χ1v) is 12.5. The molecule has 8 atom stereocenters. The summed E-state index contributed by atoms with van der Waals surface area (Å²) in [7, 11) is 0. The fourth-order valence-electron chi connectivity index (χ4n) is 7.95. The van der Waals surface area contributed by atoms with E-state index in [0.29, 0.717) is 24.8 Å². The molecule has 3 saturated carbocycles. The Balaban J connectivity index is 1.44. The van der Waals surface area contributed by atoms with Crippen LogP contribution >= 0.6 is 0 Å². The molecule has 0 amide bonds. The highest BCUT2D eigenvalue weighted by Gasteiger charge is 2.75. The molecule has 0 aromatic carbocycles. The van der Waals surface area contributed by atoms with Crippen LogP contribution in [0.5, 0.6) is 0 Å². The lowest BCUT2D eigenvalue weighted by molar-refractivity contribution is -0.219. The maximum absolute atomic E-state index is 17.2. The molecule has 3 fully saturated rings. The first kappa shape index (κ1) is 25.0. The summed E-state index contributed by atoms with van der Waals surface area (Å²) in [6, 6.07) is 3.09. The summed E-state index contributed by atoms with van der Waals surface area (Å²) in [5.74, 6) is -3.09. The van der Waals surface area contributed by atoms with Crippen LogP contribution in [-0.2, 0) is 14.3 Å².